The molecule has 0 aromatic carbocycles. The molecular weight excluding hydrogens is 109 g/mol. The van der Waals surface area contributed by atoms with Crippen molar-refractivity contribution >= 4 is 9.24 Å². The minimum atomic E-state index is -0.0162. The van der Waals surface area contributed by atoms with Gasteiger partial charge < -0.3 is 10.8 Å². The van der Waals surface area contributed by atoms with Gasteiger partial charge in [-0.05, 0) is 12.6 Å². The van der Waals surface area contributed by atoms with Crippen LogP contribution >= 0.6 is 9.24 Å². The average molecular weight is 121 g/mol. The second-order valence-electron chi connectivity index (χ2n) is 1.52. The molecule has 3 N–H and O–H groups in total. The molecule has 0 rings (SSSR count). The predicted molar refractivity (Wildman–Crippen MR) is 34.3 cm³/mol. The van der Waals surface area contributed by atoms with Gasteiger partial charge in [0.25, 0.3) is 0 Å². The van der Waals surface area contributed by atoms with Crippen LogP contribution in [0, 0.1) is 0 Å². The van der Waals surface area contributed by atoms with E-state index in [2.05, 4.69) is 9.24 Å². The van der Waals surface area contributed by atoms with Crippen LogP contribution in [-0.4, -0.2) is 23.9 Å². The van der Waals surface area contributed by atoms with Crippen LogP contribution in [0.3, 0.4) is 0 Å². The zero-order chi connectivity index (χ0) is 5.70. The summed E-state index contributed by atoms with van der Waals surface area (Å²) in [6.07, 6.45) is 1.86. The van der Waals surface area contributed by atoms with Crippen molar-refractivity contribution in [1.82, 2.24) is 0 Å². The fourth-order valence-electron chi connectivity index (χ4n) is 0.305. The molecule has 0 aliphatic heterocycles. The summed E-state index contributed by atoms with van der Waals surface area (Å²) in [7, 11) is 2.56. The van der Waals surface area contributed by atoms with E-state index in [9.17, 15) is 0 Å². The van der Waals surface area contributed by atoms with Crippen LogP contribution in [0.25, 0.3) is 0 Å². The van der Waals surface area contributed by atoms with Gasteiger partial charge >= 0.3 is 0 Å². The normalized spacial score (nSPS) is 14.1. The van der Waals surface area contributed by atoms with Gasteiger partial charge in [-0.3, -0.25) is 0 Å². The molecule has 0 aliphatic rings. The Labute approximate surface area is 46.3 Å². The first-order valence-corrected chi connectivity index (χ1v) is 3.19. The second kappa shape index (κ2) is 4.51. The quantitative estimate of drug-likeness (QED) is 0.498. The fraction of sp³-hybridized carbons (Fsp3) is 1.00. The largest absolute Gasteiger partial charge is 0.395 e. The van der Waals surface area contributed by atoms with E-state index in [0.717, 1.165) is 12.6 Å². The van der Waals surface area contributed by atoms with Crippen LogP contribution in [0.4, 0.5) is 0 Å². The summed E-state index contributed by atoms with van der Waals surface area (Å²) in [5, 5.41) is 8.33. The molecule has 0 bridgehead atoms. The highest BCUT2D eigenvalue weighted by molar-refractivity contribution is 7.16. The molecule has 0 aliphatic carbocycles. The van der Waals surface area contributed by atoms with E-state index < -0.39 is 0 Å². The summed E-state index contributed by atoms with van der Waals surface area (Å²) in [4.78, 5) is 0. The zero-order valence-corrected chi connectivity index (χ0v) is 5.46. The highest BCUT2D eigenvalue weighted by atomic mass is 31.0. The van der Waals surface area contributed by atoms with Crippen molar-refractivity contribution in [3.63, 3.8) is 0 Å². The van der Waals surface area contributed by atoms with Gasteiger partial charge in [0.15, 0.2) is 0 Å². The van der Waals surface area contributed by atoms with Crippen LogP contribution in [0.5, 0.6) is 0 Å². The number of aliphatic hydroxyl groups excluding tert-OH is 1. The van der Waals surface area contributed by atoms with Crippen LogP contribution in [0.2, 0.25) is 0 Å². The number of hydrogen-bond acceptors (Lipinski definition) is 2. The summed E-state index contributed by atoms with van der Waals surface area (Å²) in [6.45, 7) is 0.106. The number of nitrogens with two attached hydrogens (primary N) is 1. The molecule has 2 atom stereocenters. The Morgan fingerprint density at radius 3 is 2.43 bits per heavy atom. The Morgan fingerprint density at radius 1 is 1.71 bits per heavy atom. The zero-order valence-electron chi connectivity index (χ0n) is 4.30. The summed E-state index contributed by atoms with van der Waals surface area (Å²) < 4.78 is 0. The molecule has 3 heteroatoms. The SMILES string of the molecule is N[C@H](CO)CCP. The van der Waals surface area contributed by atoms with Crippen LogP contribution in [-0.2, 0) is 0 Å². The van der Waals surface area contributed by atoms with E-state index in [1.54, 1.807) is 0 Å². The number of hydrogen-bond donors (Lipinski definition) is 2. The molecule has 0 aromatic heterocycles. The van der Waals surface area contributed by atoms with Gasteiger partial charge in [0.2, 0.25) is 0 Å². The summed E-state index contributed by atoms with van der Waals surface area (Å²) in [5.74, 6) is 0. The molecule has 0 amide bonds. The van der Waals surface area contributed by atoms with E-state index >= 15 is 0 Å². The highest BCUT2D eigenvalue weighted by Gasteiger charge is 1.94. The minimum absolute atomic E-state index is 0.0162. The van der Waals surface area contributed by atoms with Crippen LogP contribution < -0.4 is 5.73 Å². The first-order valence-electron chi connectivity index (χ1n) is 2.37. The first kappa shape index (κ1) is 7.35. The van der Waals surface area contributed by atoms with E-state index in [-0.39, 0.29) is 12.6 Å². The minimum Gasteiger partial charge on any atom is -0.395 e. The van der Waals surface area contributed by atoms with Crippen molar-refractivity contribution in [1.29, 1.82) is 0 Å². The fourth-order valence-corrected chi connectivity index (χ4v) is 0.734. The Kier molecular flexibility index (Phi) is 4.73. The molecule has 0 radical (unpaired) electrons. The average Bonchev–Trinajstić information content (AvgIpc) is 1.68. The smallest absolute Gasteiger partial charge is 0.0582 e. The van der Waals surface area contributed by atoms with Gasteiger partial charge in [0.1, 0.15) is 0 Å². The Morgan fingerprint density at radius 2 is 2.29 bits per heavy atom. The summed E-state index contributed by atoms with van der Waals surface area (Å²) in [6, 6.07) is -0.0162. The molecule has 7 heavy (non-hydrogen) atoms. The predicted octanol–water partition coefficient (Wildman–Crippen LogP) is -0.429. The van der Waals surface area contributed by atoms with Gasteiger partial charge in [-0.15, -0.1) is 9.24 Å². The third-order valence-corrected chi connectivity index (χ3v) is 1.11. The van der Waals surface area contributed by atoms with Gasteiger partial charge in [0.05, 0.1) is 6.61 Å². The molecule has 0 heterocycles. The third kappa shape index (κ3) is 4.20. The Balaban J connectivity index is 2.83. The molecule has 0 saturated heterocycles. The van der Waals surface area contributed by atoms with Crippen molar-refractivity contribution < 1.29 is 5.11 Å². The standard InChI is InChI=1S/C4H12NOP/c5-4(3-6)1-2-7/h4,6H,1-3,5,7H2/t4-/m0/s1. The molecule has 1 unspecified atom stereocenters. The van der Waals surface area contributed by atoms with E-state index in [4.69, 9.17) is 10.8 Å². The monoisotopic (exact) mass is 121 g/mol. The lowest BCUT2D eigenvalue weighted by Crippen LogP contribution is -2.24. The molecule has 44 valence electrons. The van der Waals surface area contributed by atoms with Crippen molar-refractivity contribution in [2.75, 3.05) is 12.8 Å². The van der Waals surface area contributed by atoms with Gasteiger partial charge in [0, 0.05) is 6.04 Å². The van der Waals surface area contributed by atoms with Crippen molar-refractivity contribution in [2.45, 2.75) is 12.5 Å². The maximum absolute atomic E-state index is 8.33. The lowest BCUT2D eigenvalue weighted by molar-refractivity contribution is 0.264. The van der Waals surface area contributed by atoms with Crippen molar-refractivity contribution in [2.24, 2.45) is 5.73 Å². The van der Waals surface area contributed by atoms with Crippen LogP contribution in [0.1, 0.15) is 6.42 Å². The molecule has 0 fully saturated rings. The lowest BCUT2D eigenvalue weighted by Gasteiger charge is -2.02. The van der Waals surface area contributed by atoms with Crippen molar-refractivity contribution in [3.05, 3.63) is 0 Å². The topological polar surface area (TPSA) is 46.2 Å². The molecule has 2 nitrogen and oxygen atoms in total. The third-order valence-electron chi connectivity index (χ3n) is 0.772. The highest BCUT2D eigenvalue weighted by Crippen LogP contribution is 1.90. The molecule has 0 spiro atoms. The first-order chi connectivity index (χ1) is 3.31. The molecule has 0 saturated carbocycles. The van der Waals surface area contributed by atoms with Crippen LogP contribution in [0.15, 0.2) is 0 Å². The molecular formula is C4H12NOP. The lowest BCUT2D eigenvalue weighted by atomic mass is 10.3. The maximum Gasteiger partial charge on any atom is 0.0582 e. The van der Waals surface area contributed by atoms with E-state index in [1.165, 1.54) is 0 Å². The van der Waals surface area contributed by atoms with Gasteiger partial charge in [-0.1, -0.05) is 0 Å². The Bertz CT molecular complexity index is 42.7. The van der Waals surface area contributed by atoms with E-state index in [1.807, 2.05) is 0 Å². The Hall–Kier alpha value is 0.350. The maximum atomic E-state index is 8.33. The van der Waals surface area contributed by atoms with Crippen molar-refractivity contribution in [3.8, 4) is 0 Å². The number of rotatable bonds is 3. The number of aliphatic hydroxyl groups is 1. The molecule has 0 aromatic rings. The summed E-state index contributed by atoms with van der Waals surface area (Å²) >= 11 is 0. The summed E-state index contributed by atoms with van der Waals surface area (Å²) in [5.41, 5.74) is 5.32. The van der Waals surface area contributed by atoms with E-state index in [0.29, 0.717) is 0 Å². The second-order valence-corrected chi connectivity index (χ2v) is 2.10. The van der Waals surface area contributed by atoms with Gasteiger partial charge in [-0.2, -0.15) is 0 Å². The van der Waals surface area contributed by atoms with Gasteiger partial charge in [-0.25, -0.2) is 0 Å².